The van der Waals surface area contributed by atoms with Crippen LogP contribution in [0.1, 0.15) is 47.2 Å². The molecule has 1 spiro atoms. The van der Waals surface area contributed by atoms with Gasteiger partial charge in [-0.3, -0.25) is 0 Å². The lowest BCUT2D eigenvalue weighted by atomic mass is 9.55. The quantitative estimate of drug-likeness (QED) is 0.163. The maximum absolute atomic E-state index is 5.55. The van der Waals surface area contributed by atoms with Crippen molar-refractivity contribution in [2.24, 2.45) is 0 Å². The highest BCUT2D eigenvalue weighted by atomic mass is 14.7. The topological polar surface area (TPSA) is 12.9 Å². The normalized spacial score (nSPS) is 13.7. The number of pyridine rings is 1. The van der Waals surface area contributed by atoms with E-state index in [1.807, 2.05) is 0 Å². The minimum atomic E-state index is -0.538. The van der Waals surface area contributed by atoms with Crippen LogP contribution in [0.5, 0.6) is 0 Å². The van der Waals surface area contributed by atoms with Crippen LogP contribution in [0.4, 0.5) is 0 Å². The number of rotatable bonds is 6. The molecule has 1 aromatic heterocycles. The van der Waals surface area contributed by atoms with E-state index >= 15 is 0 Å². The minimum Gasteiger partial charge on any atom is -0.248 e. The third kappa shape index (κ3) is 5.89. The van der Waals surface area contributed by atoms with Crippen molar-refractivity contribution in [3.63, 3.8) is 0 Å². The molecule has 1 heterocycles. The van der Waals surface area contributed by atoms with Gasteiger partial charge in [0.05, 0.1) is 16.8 Å². The molecule has 12 rings (SSSR count). The van der Waals surface area contributed by atoms with Gasteiger partial charge in [0.2, 0.25) is 0 Å². The van der Waals surface area contributed by atoms with Crippen LogP contribution in [-0.4, -0.2) is 4.98 Å². The number of aromatic nitrogens is 1. The zero-order valence-electron chi connectivity index (χ0n) is 36.0. The van der Waals surface area contributed by atoms with Gasteiger partial charge >= 0.3 is 0 Å². The van der Waals surface area contributed by atoms with E-state index in [9.17, 15) is 0 Å². The SMILES string of the molecule is CC1(C)c2ccccc2C2(c3ccc(-c4cccc(-c5ccc(-c6ccccc6)cc5)c4)cc3-c3c(-c4cc(-c5ccccc5)cc(-c5ccccc5)n4)cccc32)c2ccccc21. The number of nitrogens with zero attached hydrogens (tertiary/aromatic N) is 1. The average molecular weight is 816 g/mol. The molecule has 0 N–H and O–H groups in total. The summed E-state index contributed by atoms with van der Waals surface area (Å²) in [5, 5.41) is 0. The molecule has 0 saturated carbocycles. The van der Waals surface area contributed by atoms with E-state index < -0.39 is 5.41 Å². The fourth-order valence-electron chi connectivity index (χ4n) is 10.9. The van der Waals surface area contributed by atoms with Crippen LogP contribution < -0.4 is 0 Å². The Morgan fingerprint density at radius 3 is 1.31 bits per heavy atom. The van der Waals surface area contributed by atoms with Gasteiger partial charge in [-0.05, 0) is 113 Å². The first-order valence-corrected chi connectivity index (χ1v) is 22.4. The molecule has 0 saturated heterocycles. The van der Waals surface area contributed by atoms with Crippen molar-refractivity contribution in [2.45, 2.75) is 24.7 Å². The second kappa shape index (κ2) is 14.9. The van der Waals surface area contributed by atoms with E-state index in [0.29, 0.717) is 0 Å². The van der Waals surface area contributed by atoms with Gasteiger partial charge in [-0.15, -0.1) is 0 Å². The second-order valence-corrected chi connectivity index (χ2v) is 17.8. The molecule has 1 nitrogen and oxygen atoms in total. The van der Waals surface area contributed by atoms with Gasteiger partial charge in [0.15, 0.2) is 0 Å². The van der Waals surface area contributed by atoms with Crippen LogP contribution in [0.3, 0.4) is 0 Å². The smallest absolute Gasteiger partial charge is 0.0722 e. The van der Waals surface area contributed by atoms with Crippen molar-refractivity contribution in [1.29, 1.82) is 0 Å². The molecule has 2 aliphatic carbocycles. The first kappa shape index (κ1) is 37.9. The summed E-state index contributed by atoms with van der Waals surface area (Å²) in [5.41, 5.74) is 23.5. The molecule has 0 radical (unpaired) electrons. The van der Waals surface area contributed by atoms with E-state index in [-0.39, 0.29) is 5.41 Å². The monoisotopic (exact) mass is 815 g/mol. The van der Waals surface area contributed by atoms with Gasteiger partial charge in [-0.1, -0.05) is 226 Å². The molecule has 0 bridgehead atoms. The summed E-state index contributed by atoms with van der Waals surface area (Å²) < 4.78 is 0. The maximum atomic E-state index is 5.55. The highest BCUT2D eigenvalue weighted by molar-refractivity contribution is 5.98. The zero-order chi connectivity index (χ0) is 42.8. The van der Waals surface area contributed by atoms with E-state index in [2.05, 4.69) is 250 Å². The number of hydrogen-bond acceptors (Lipinski definition) is 1. The summed E-state index contributed by atoms with van der Waals surface area (Å²) in [6.07, 6.45) is 0. The van der Waals surface area contributed by atoms with Crippen molar-refractivity contribution in [1.82, 2.24) is 4.98 Å². The van der Waals surface area contributed by atoms with Crippen LogP contribution in [0, 0.1) is 0 Å². The fraction of sp³-hybridized carbons (Fsp3) is 0.0635. The Morgan fingerprint density at radius 2 is 0.688 bits per heavy atom. The van der Waals surface area contributed by atoms with Crippen LogP contribution in [-0.2, 0) is 10.8 Å². The molecule has 1 heteroatoms. The van der Waals surface area contributed by atoms with Gasteiger partial charge in [0.1, 0.15) is 0 Å². The Hall–Kier alpha value is -7.87. The van der Waals surface area contributed by atoms with Gasteiger partial charge in [0, 0.05) is 16.5 Å². The molecule has 0 unspecified atom stereocenters. The Bertz CT molecular complexity index is 3270. The van der Waals surface area contributed by atoms with Gasteiger partial charge in [-0.2, -0.15) is 0 Å². The molecule has 64 heavy (non-hydrogen) atoms. The molecule has 0 aliphatic heterocycles. The Kier molecular flexibility index (Phi) is 8.81. The van der Waals surface area contributed by atoms with Gasteiger partial charge in [0.25, 0.3) is 0 Å². The lowest BCUT2D eigenvalue weighted by Gasteiger charge is -2.46. The maximum Gasteiger partial charge on any atom is 0.0722 e. The highest BCUT2D eigenvalue weighted by Gasteiger charge is 2.53. The van der Waals surface area contributed by atoms with E-state index in [0.717, 1.165) is 28.1 Å². The Balaban J connectivity index is 1.10. The second-order valence-electron chi connectivity index (χ2n) is 17.8. The van der Waals surface area contributed by atoms with Crippen molar-refractivity contribution in [3.05, 3.63) is 270 Å². The van der Waals surface area contributed by atoms with Crippen molar-refractivity contribution >= 4 is 0 Å². The molecule has 0 fully saturated rings. The summed E-state index contributed by atoms with van der Waals surface area (Å²) >= 11 is 0. The van der Waals surface area contributed by atoms with Gasteiger partial charge < -0.3 is 0 Å². The molecular weight excluding hydrogens is 771 g/mol. The average Bonchev–Trinajstić information content (AvgIpc) is 3.67. The summed E-state index contributed by atoms with van der Waals surface area (Å²) in [6.45, 7) is 4.78. The van der Waals surface area contributed by atoms with Crippen molar-refractivity contribution in [2.75, 3.05) is 0 Å². The predicted molar refractivity (Wildman–Crippen MR) is 266 cm³/mol. The van der Waals surface area contributed by atoms with E-state index in [4.69, 9.17) is 4.98 Å². The first-order valence-electron chi connectivity index (χ1n) is 22.4. The predicted octanol–water partition coefficient (Wildman–Crippen LogP) is 16.1. The number of fused-ring (bicyclic) bond motifs is 9. The molecule has 302 valence electrons. The van der Waals surface area contributed by atoms with Crippen LogP contribution >= 0.6 is 0 Å². The lowest BCUT2D eigenvalue weighted by molar-refractivity contribution is 0.563. The molecule has 10 aromatic rings. The number of benzene rings is 9. The van der Waals surface area contributed by atoms with Crippen LogP contribution in [0.15, 0.2) is 237 Å². The molecule has 9 aromatic carbocycles. The lowest BCUT2D eigenvalue weighted by Crippen LogP contribution is -2.40. The van der Waals surface area contributed by atoms with Crippen molar-refractivity contribution < 1.29 is 0 Å². The zero-order valence-corrected chi connectivity index (χ0v) is 36.0. The summed E-state index contributed by atoms with van der Waals surface area (Å²) in [5.74, 6) is 0. The largest absolute Gasteiger partial charge is 0.248 e. The highest BCUT2D eigenvalue weighted by Crippen LogP contribution is 2.63. The molecule has 0 amide bonds. The Labute approximate surface area is 376 Å². The summed E-state index contributed by atoms with van der Waals surface area (Å²) in [7, 11) is 0. The van der Waals surface area contributed by atoms with Crippen molar-refractivity contribution in [3.8, 4) is 78.1 Å². The van der Waals surface area contributed by atoms with Crippen LogP contribution in [0.2, 0.25) is 0 Å². The number of hydrogen-bond donors (Lipinski definition) is 0. The Morgan fingerprint density at radius 1 is 0.266 bits per heavy atom. The standard InChI is InChI=1S/C63H45N/c1-62(2)54-27-12-14-29-56(54)63(57-30-15-13-28-55(57)62)53-37-36-49(48-25-16-24-47(38-48)45-34-32-44(33-35-45)42-18-6-3-7-19-42)39-52(53)61-51(26-17-31-58(61)63)60-41-50(43-20-8-4-9-21-43)40-59(64-60)46-22-10-5-11-23-46/h3-41H,1-2H3. The van der Waals surface area contributed by atoms with Crippen LogP contribution in [0.25, 0.3) is 78.1 Å². The third-order valence-electron chi connectivity index (χ3n) is 14.0. The molecule has 0 atom stereocenters. The molecular formula is C63H45N. The fourth-order valence-corrected chi connectivity index (χ4v) is 10.9. The van der Waals surface area contributed by atoms with E-state index in [1.54, 1.807) is 0 Å². The third-order valence-corrected chi connectivity index (χ3v) is 14.0. The van der Waals surface area contributed by atoms with Gasteiger partial charge in [-0.25, -0.2) is 4.98 Å². The summed E-state index contributed by atoms with van der Waals surface area (Å²) in [4.78, 5) is 5.55. The summed E-state index contributed by atoms with van der Waals surface area (Å²) in [6, 6.07) is 87.0. The minimum absolute atomic E-state index is 0.186. The molecule has 2 aliphatic rings. The van der Waals surface area contributed by atoms with E-state index in [1.165, 1.54) is 83.5 Å². The first-order chi connectivity index (χ1) is 31.5.